The number of hydrogen-bond donors (Lipinski definition) is 0. The number of alkyl halides is 1. The van der Waals surface area contributed by atoms with Gasteiger partial charge in [0, 0.05) is 10.4 Å². The van der Waals surface area contributed by atoms with Crippen molar-refractivity contribution in [2.24, 2.45) is 11.8 Å². The highest BCUT2D eigenvalue weighted by molar-refractivity contribution is 9.09. The second-order valence-corrected chi connectivity index (χ2v) is 6.52. The molecule has 2 heteroatoms. The summed E-state index contributed by atoms with van der Waals surface area (Å²) >= 11 is 9.94. The van der Waals surface area contributed by atoms with E-state index in [1.807, 2.05) is 12.1 Å². The van der Waals surface area contributed by atoms with E-state index in [2.05, 4.69) is 41.9 Å². The Morgan fingerprint density at radius 3 is 2.47 bits per heavy atom. The fourth-order valence-electron chi connectivity index (χ4n) is 2.63. The topological polar surface area (TPSA) is 0 Å². The summed E-state index contributed by atoms with van der Waals surface area (Å²) < 4.78 is 0. The molecule has 19 heavy (non-hydrogen) atoms. The molecule has 0 amide bonds. The lowest BCUT2D eigenvalue weighted by atomic mass is 9.86. The molecule has 0 radical (unpaired) electrons. The van der Waals surface area contributed by atoms with Gasteiger partial charge in [0.05, 0.1) is 0 Å². The Morgan fingerprint density at radius 1 is 1.16 bits per heavy atom. The van der Waals surface area contributed by atoms with Crippen LogP contribution in [-0.4, -0.2) is 5.33 Å². The van der Waals surface area contributed by atoms with E-state index < -0.39 is 0 Å². The van der Waals surface area contributed by atoms with Gasteiger partial charge in [-0.15, -0.1) is 0 Å². The van der Waals surface area contributed by atoms with Gasteiger partial charge in [-0.2, -0.15) is 0 Å². The van der Waals surface area contributed by atoms with Crippen LogP contribution >= 0.6 is 27.5 Å². The Hall–Kier alpha value is -0.0100. The van der Waals surface area contributed by atoms with Gasteiger partial charge in [-0.25, -0.2) is 0 Å². The molecule has 1 rings (SSSR count). The second kappa shape index (κ2) is 9.83. The van der Waals surface area contributed by atoms with Crippen LogP contribution in [0.5, 0.6) is 0 Å². The molecule has 0 bridgehead atoms. The van der Waals surface area contributed by atoms with E-state index in [0.717, 1.165) is 22.7 Å². The van der Waals surface area contributed by atoms with Crippen LogP contribution in [0.25, 0.3) is 0 Å². The van der Waals surface area contributed by atoms with E-state index in [1.165, 1.54) is 37.7 Å². The molecule has 0 heterocycles. The van der Waals surface area contributed by atoms with Gasteiger partial charge in [-0.1, -0.05) is 85.3 Å². The summed E-state index contributed by atoms with van der Waals surface area (Å²) in [5.74, 6) is 1.56. The van der Waals surface area contributed by atoms with E-state index in [1.54, 1.807) is 0 Å². The first kappa shape index (κ1) is 17.0. The molecule has 0 nitrogen and oxygen atoms in total. The fraction of sp³-hybridized carbons (Fsp3) is 0.647. The molecule has 0 aliphatic rings. The fourth-order valence-corrected chi connectivity index (χ4v) is 3.33. The average molecular weight is 346 g/mol. The van der Waals surface area contributed by atoms with Crippen molar-refractivity contribution in [3.8, 4) is 0 Å². The van der Waals surface area contributed by atoms with Crippen molar-refractivity contribution in [2.45, 2.75) is 52.4 Å². The van der Waals surface area contributed by atoms with Gasteiger partial charge in [-0.3, -0.25) is 0 Å². The van der Waals surface area contributed by atoms with E-state index in [-0.39, 0.29) is 0 Å². The Balaban J connectivity index is 2.55. The smallest absolute Gasteiger partial charge is 0.0438 e. The molecule has 0 aliphatic heterocycles. The van der Waals surface area contributed by atoms with Gasteiger partial charge in [0.1, 0.15) is 0 Å². The van der Waals surface area contributed by atoms with E-state index >= 15 is 0 Å². The van der Waals surface area contributed by atoms with Gasteiger partial charge < -0.3 is 0 Å². The standard InChI is InChI=1S/C17H26BrCl/c1-3-5-8-14(4-2)11-15(13-18)12-16-9-6-7-10-17(16)19/h6-7,9-10,14-15H,3-5,8,11-13H2,1-2H3. The summed E-state index contributed by atoms with van der Waals surface area (Å²) in [6.45, 7) is 4.60. The molecule has 0 N–H and O–H groups in total. The molecular formula is C17H26BrCl. The van der Waals surface area contributed by atoms with Crippen molar-refractivity contribution in [1.82, 2.24) is 0 Å². The maximum Gasteiger partial charge on any atom is 0.0438 e. The maximum atomic E-state index is 6.26. The summed E-state index contributed by atoms with van der Waals surface area (Å²) in [6.07, 6.45) is 7.74. The Kier molecular flexibility index (Phi) is 8.81. The molecule has 0 aliphatic carbocycles. The van der Waals surface area contributed by atoms with E-state index in [4.69, 9.17) is 11.6 Å². The molecule has 0 spiro atoms. The predicted molar refractivity (Wildman–Crippen MR) is 90.4 cm³/mol. The predicted octanol–water partition coefficient (Wildman–Crippen LogP) is 6.50. The summed E-state index contributed by atoms with van der Waals surface area (Å²) in [7, 11) is 0. The lowest BCUT2D eigenvalue weighted by molar-refractivity contribution is 0.355. The largest absolute Gasteiger partial charge is 0.0925 e. The minimum atomic E-state index is 0.696. The SMILES string of the molecule is CCCCC(CC)CC(CBr)Cc1ccccc1Cl. The van der Waals surface area contributed by atoms with Crippen LogP contribution in [-0.2, 0) is 6.42 Å². The Labute approximate surface area is 132 Å². The number of unbranched alkanes of at least 4 members (excludes halogenated alkanes) is 1. The van der Waals surface area contributed by atoms with Gasteiger partial charge >= 0.3 is 0 Å². The Morgan fingerprint density at radius 2 is 1.89 bits per heavy atom. The monoisotopic (exact) mass is 344 g/mol. The first-order valence-electron chi connectivity index (χ1n) is 7.50. The third kappa shape index (κ3) is 6.31. The maximum absolute atomic E-state index is 6.26. The third-order valence-corrected chi connectivity index (χ3v) is 5.18. The third-order valence-electron chi connectivity index (χ3n) is 3.89. The lowest BCUT2D eigenvalue weighted by Gasteiger charge is -2.21. The number of hydrogen-bond acceptors (Lipinski definition) is 0. The van der Waals surface area contributed by atoms with Crippen molar-refractivity contribution in [1.29, 1.82) is 0 Å². The first-order valence-corrected chi connectivity index (χ1v) is 9.00. The Bertz CT molecular complexity index is 351. The first-order chi connectivity index (χ1) is 9.21. The van der Waals surface area contributed by atoms with Gasteiger partial charge in [-0.05, 0) is 36.3 Å². The van der Waals surface area contributed by atoms with E-state index in [0.29, 0.717) is 5.92 Å². The van der Waals surface area contributed by atoms with Crippen LogP contribution in [0.1, 0.15) is 51.5 Å². The summed E-state index contributed by atoms with van der Waals surface area (Å²) in [5.41, 5.74) is 1.29. The lowest BCUT2D eigenvalue weighted by Crippen LogP contribution is -2.13. The number of benzene rings is 1. The summed E-state index contributed by atoms with van der Waals surface area (Å²) in [4.78, 5) is 0. The minimum Gasteiger partial charge on any atom is -0.0925 e. The van der Waals surface area contributed by atoms with Crippen molar-refractivity contribution in [3.63, 3.8) is 0 Å². The quantitative estimate of drug-likeness (QED) is 0.448. The van der Waals surface area contributed by atoms with Gasteiger partial charge in [0.25, 0.3) is 0 Å². The van der Waals surface area contributed by atoms with Crippen LogP contribution in [0.4, 0.5) is 0 Å². The summed E-state index contributed by atoms with van der Waals surface area (Å²) in [6, 6.07) is 8.24. The zero-order valence-corrected chi connectivity index (χ0v) is 14.5. The zero-order chi connectivity index (χ0) is 14.1. The molecule has 0 saturated heterocycles. The molecule has 2 unspecified atom stereocenters. The highest BCUT2D eigenvalue weighted by Gasteiger charge is 2.16. The van der Waals surface area contributed by atoms with Crippen molar-refractivity contribution in [3.05, 3.63) is 34.9 Å². The molecule has 0 saturated carbocycles. The second-order valence-electron chi connectivity index (χ2n) is 5.47. The van der Waals surface area contributed by atoms with Crippen LogP contribution < -0.4 is 0 Å². The molecule has 0 fully saturated rings. The van der Waals surface area contributed by atoms with Gasteiger partial charge in [0.15, 0.2) is 0 Å². The number of rotatable bonds is 9. The zero-order valence-electron chi connectivity index (χ0n) is 12.2. The summed E-state index contributed by atoms with van der Waals surface area (Å²) in [5, 5.41) is 1.98. The van der Waals surface area contributed by atoms with Gasteiger partial charge in [0.2, 0.25) is 0 Å². The average Bonchev–Trinajstić information content (AvgIpc) is 2.44. The highest BCUT2D eigenvalue weighted by Crippen LogP contribution is 2.27. The van der Waals surface area contributed by atoms with Crippen molar-refractivity contribution in [2.75, 3.05) is 5.33 Å². The van der Waals surface area contributed by atoms with Crippen LogP contribution in [0.3, 0.4) is 0 Å². The van der Waals surface area contributed by atoms with Crippen LogP contribution in [0.15, 0.2) is 24.3 Å². The highest BCUT2D eigenvalue weighted by atomic mass is 79.9. The molecule has 0 aromatic heterocycles. The van der Waals surface area contributed by atoms with Crippen LogP contribution in [0.2, 0.25) is 5.02 Å². The minimum absolute atomic E-state index is 0.696. The van der Waals surface area contributed by atoms with Crippen molar-refractivity contribution >= 4 is 27.5 Å². The normalized spacial score (nSPS) is 14.3. The van der Waals surface area contributed by atoms with Crippen molar-refractivity contribution < 1.29 is 0 Å². The number of halogens is 2. The molecule has 1 aromatic rings. The molecule has 2 atom stereocenters. The van der Waals surface area contributed by atoms with E-state index in [9.17, 15) is 0 Å². The molecule has 108 valence electrons. The van der Waals surface area contributed by atoms with Crippen LogP contribution in [0, 0.1) is 11.8 Å². The molecular weight excluding hydrogens is 320 g/mol. The molecule has 1 aromatic carbocycles.